The molecule has 0 radical (unpaired) electrons. The minimum Gasteiger partial charge on any atom is -0.462 e. The summed E-state index contributed by atoms with van der Waals surface area (Å²) in [5, 5.41) is 0. The van der Waals surface area contributed by atoms with E-state index in [4.69, 9.17) is 14.2 Å². The summed E-state index contributed by atoms with van der Waals surface area (Å²) in [6.07, 6.45) is 60.6. The van der Waals surface area contributed by atoms with Crippen molar-refractivity contribution < 1.29 is 28.6 Å². The van der Waals surface area contributed by atoms with E-state index in [1.165, 1.54) is 122 Å². The molecular formula is C55H96O6. The second kappa shape index (κ2) is 49.8. The van der Waals surface area contributed by atoms with E-state index in [0.717, 1.165) is 83.5 Å². The van der Waals surface area contributed by atoms with Gasteiger partial charge in [0.2, 0.25) is 0 Å². The van der Waals surface area contributed by atoms with Gasteiger partial charge in [-0.2, -0.15) is 0 Å². The Kier molecular flexibility index (Phi) is 47.4. The fraction of sp³-hybridized carbons (Fsp3) is 0.764. The lowest BCUT2D eigenvalue weighted by Crippen LogP contribution is -2.30. The van der Waals surface area contributed by atoms with Crippen molar-refractivity contribution >= 4 is 17.9 Å². The SMILES string of the molecule is CC/C=C\C/C=C\C/C=C\C/C=C\CCCCC(=O)O[C@H](COC(=O)CCCCCCC/C=C\CCCCCCCC)COC(=O)CCCCCCCCCCCCCCC. The Labute approximate surface area is 377 Å². The Bertz CT molecular complexity index is 1120. The van der Waals surface area contributed by atoms with Crippen molar-refractivity contribution in [2.24, 2.45) is 0 Å². The molecule has 0 bridgehead atoms. The molecule has 6 nitrogen and oxygen atoms in total. The van der Waals surface area contributed by atoms with Crippen LogP contribution in [0.2, 0.25) is 0 Å². The van der Waals surface area contributed by atoms with Gasteiger partial charge in [0.15, 0.2) is 6.10 Å². The molecule has 61 heavy (non-hydrogen) atoms. The summed E-state index contributed by atoms with van der Waals surface area (Å²) in [4.78, 5) is 37.9. The molecule has 0 aliphatic rings. The molecule has 0 fully saturated rings. The van der Waals surface area contributed by atoms with Gasteiger partial charge in [0.25, 0.3) is 0 Å². The Morgan fingerprint density at radius 1 is 0.344 bits per heavy atom. The van der Waals surface area contributed by atoms with Gasteiger partial charge in [-0.15, -0.1) is 0 Å². The van der Waals surface area contributed by atoms with E-state index in [9.17, 15) is 14.4 Å². The molecule has 0 aromatic rings. The van der Waals surface area contributed by atoms with Gasteiger partial charge in [-0.3, -0.25) is 14.4 Å². The summed E-state index contributed by atoms with van der Waals surface area (Å²) in [5.41, 5.74) is 0. The molecule has 0 unspecified atom stereocenters. The third-order valence-corrected chi connectivity index (χ3v) is 11.0. The maximum Gasteiger partial charge on any atom is 0.306 e. The highest BCUT2D eigenvalue weighted by molar-refractivity contribution is 5.71. The molecule has 6 heteroatoms. The van der Waals surface area contributed by atoms with Crippen LogP contribution in [0.25, 0.3) is 0 Å². The van der Waals surface area contributed by atoms with Crippen LogP contribution in [-0.4, -0.2) is 37.2 Å². The molecule has 0 N–H and O–H groups in total. The van der Waals surface area contributed by atoms with Gasteiger partial charge in [0.05, 0.1) is 0 Å². The maximum atomic E-state index is 12.8. The van der Waals surface area contributed by atoms with Gasteiger partial charge in [-0.25, -0.2) is 0 Å². The fourth-order valence-electron chi connectivity index (χ4n) is 7.13. The van der Waals surface area contributed by atoms with E-state index in [1.54, 1.807) is 0 Å². The van der Waals surface area contributed by atoms with E-state index in [1.807, 2.05) is 0 Å². The number of unbranched alkanes of at least 4 members (excludes halogenated alkanes) is 25. The standard InChI is InChI=1S/C55H96O6/c1-4-7-10-13-16-19-22-25-27-30-33-36-39-42-45-48-54(57)60-51-52(50-59-53(56)47-44-41-38-35-32-29-24-21-18-15-12-9-6-3)61-55(58)49-46-43-40-37-34-31-28-26-23-20-17-14-11-8-5-2/h8,11,17,20,25-28,34,37,52H,4-7,9-10,12-16,18-19,21-24,29-33,35-36,38-51H2,1-3H3/b11-8-,20-17-,27-25-,28-26-,37-34-/t52-/m0/s1. The van der Waals surface area contributed by atoms with Crippen molar-refractivity contribution in [3.05, 3.63) is 60.8 Å². The van der Waals surface area contributed by atoms with Gasteiger partial charge in [-0.05, 0) is 83.5 Å². The molecule has 0 rings (SSSR count). The van der Waals surface area contributed by atoms with E-state index < -0.39 is 6.10 Å². The van der Waals surface area contributed by atoms with E-state index >= 15 is 0 Å². The zero-order valence-electron chi connectivity index (χ0n) is 40.2. The lowest BCUT2D eigenvalue weighted by Gasteiger charge is -2.18. The third-order valence-electron chi connectivity index (χ3n) is 11.0. The number of allylic oxidation sites excluding steroid dienone is 10. The molecule has 0 saturated heterocycles. The van der Waals surface area contributed by atoms with E-state index in [-0.39, 0.29) is 37.5 Å². The fourth-order valence-corrected chi connectivity index (χ4v) is 7.13. The van der Waals surface area contributed by atoms with Crippen LogP contribution in [0.15, 0.2) is 60.8 Å². The predicted molar refractivity (Wildman–Crippen MR) is 261 cm³/mol. The summed E-state index contributed by atoms with van der Waals surface area (Å²) in [5.74, 6) is -0.937. The second-order valence-electron chi connectivity index (χ2n) is 17.1. The maximum absolute atomic E-state index is 12.8. The first-order chi connectivity index (χ1) is 30.0. The predicted octanol–water partition coefficient (Wildman–Crippen LogP) is 16.9. The minimum atomic E-state index is -0.796. The van der Waals surface area contributed by atoms with Gasteiger partial charge in [-0.1, -0.05) is 210 Å². The van der Waals surface area contributed by atoms with Crippen molar-refractivity contribution in [2.75, 3.05) is 13.2 Å². The van der Waals surface area contributed by atoms with Crippen molar-refractivity contribution in [3.63, 3.8) is 0 Å². The zero-order valence-corrected chi connectivity index (χ0v) is 40.2. The Hall–Kier alpha value is -2.89. The highest BCUT2D eigenvalue weighted by atomic mass is 16.6. The second-order valence-corrected chi connectivity index (χ2v) is 17.1. The van der Waals surface area contributed by atoms with Crippen LogP contribution >= 0.6 is 0 Å². The molecule has 0 saturated carbocycles. The molecule has 0 aliphatic carbocycles. The molecule has 0 aromatic heterocycles. The monoisotopic (exact) mass is 853 g/mol. The number of hydrogen-bond acceptors (Lipinski definition) is 6. The zero-order chi connectivity index (χ0) is 44.4. The van der Waals surface area contributed by atoms with Gasteiger partial charge in [0, 0.05) is 19.3 Å². The van der Waals surface area contributed by atoms with Gasteiger partial charge >= 0.3 is 17.9 Å². The number of hydrogen-bond donors (Lipinski definition) is 0. The van der Waals surface area contributed by atoms with Crippen LogP contribution in [0.5, 0.6) is 0 Å². The average molecular weight is 853 g/mol. The van der Waals surface area contributed by atoms with Crippen LogP contribution < -0.4 is 0 Å². The highest BCUT2D eigenvalue weighted by Gasteiger charge is 2.19. The minimum absolute atomic E-state index is 0.0916. The van der Waals surface area contributed by atoms with Crippen molar-refractivity contribution in [3.8, 4) is 0 Å². The largest absolute Gasteiger partial charge is 0.462 e. The Morgan fingerprint density at radius 3 is 1.05 bits per heavy atom. The van der Waals surface area contributed by atoms with E-state index in [2.05, 4.69) is 81.5 Å². The summed E-state index contributed by atoms with van der Waals surface area (Å²) >= 11 is 0. The Balaban J connectivity index is 4.45. The molecule has 352 valence electrons. The van der Waals surface area contributed by atoms with Crippen LogP contribution in [0.3, 0.4) is 0 Å². The van der Waals surface area contributed by atoms with Crippen LogP contribution in [0.4, 0.5) is 0 Å². The number of carbonyl (C=O) groups is 3. The quantitative estimate of drug-likeness (QED) is 0.0263. The molecule has 0 spiro atoms. The topological polar surface area (TPSA) is 78.9 Å². The Morgan fingerprint density at radius 2 is 0.639 bits per heavy atom. The summed E-state index contributed by atoms with van der Waals surface area (Å²) in [6.45, 7) is 6.48. The number of carbonyl (C=O) groups excluding carboxylic acids is 3. The first-order valence-corrected chi connectivity index (χ1v) is 25.8. The molecular weight excluding hydrogens is 757 g/mol. The number of rotatable bonds is 46. The molecule has 0 heterocycles. The van der Waals surface area contributed by atoms with Crippen LogP contribution in [0.1, 0.15) is 252 Å². The number of esters is 3. The van der Waals surface area contributed by atoms with Crippen LogP contribution in [0, 0.1) is 0 Å². The smallest absolute Gasteiger partial charge is 0.306 e. The first-order valence-electron chi connectivity index (χ1n) is 25.8. The summed E-state index contributed by atoms with van der Waals surface area (Å²) in [6, 6.07) is 0. The molecule has 0 amide bonds. The average Bonchev–Trinajstić information content (AvgIpc) is 3.26. The molecule has 0 aromatic carbocycles. The normalized spacial score (nSPS) is 12.5. The van der Waals surface area contributed by atoms with Crippen LogP contribution in [-0.2, 0) is 28.6 Å². The van der Waals surface area contributed by atoms with Crippen molar-refractivity contribution in [1.29, 1.82) is 0 Å². The summed E-state index contributed by atoms with van der Waals surface area (Å²) < 4.78 is 16.8. The molecule has 1 atom stereocenters. The first kappa shape index (κ1) is 58.1. The van der Waals surface area contributed by atoms with E-state index in [0.29, 0.717) is 19.3 Å². The van der Waals surface area contributed by atoms with Crippen molar-refractivity contribution in [2.45, 2.75) is 258 Å². The van der Waals surface area contributed by atoms with Gasteiger partial charge in [0.1, 0.15) is 13.2 Å². The summed E-state index contributed by atoms with van der Waals surface area (Å²) in [7, 11) is 0. The van der Waals surface area contributed by atoms with Crippen molar-refractivity contribution in [1.82, 2.24) is 0 Å². The lowest BCUT2D eigenvalue weighted by molar-refractivity contribution is -0.167. The molecule has 0 aliphatic heterocycles. The lowest BCUT2D eigenvalue weighted by atomic mass is 10.0. The third kappa shape index (κ3) is 48.0. The number of ether oxygens (including phenoxy) is 3. The van der Waals surface area contributed by atoms with Gasteiger partial charge < -0.3 is 14.2 Å². The highest BCUT2D eigenvalue weighted by Crippen LogP contribution is 2.15.